The summed E-state index contributed by atoms with van der Waals surface area (Å²) in [6.07, 6.45) is -1.59. The summed E-state index contributed by atoms with van der Waals surface area (Å²) < 4.78 is 10.4. The zero-order chi connectivity index (χ0) is 9.19. The molecule has 1 rings (SSSR count). The highest BCUT2D eigenvalue weighted by Gasteiger charge is 2.31. The van der Waals surface area contributed by atoms with Crippen molar-refractivity contribution in [3.63, 3.8) is 0 Å². The van der Waals surface area contributed by atoms with E-state index in [2.05, 4.69) is 0 Å². The molecule has 0 aromatic rings. The van der Waals surface area contributed by atoms with Crippen molar-refractivity contribution >= 4 is 0 Å². The number of hydrogen-bond acceptors (Lipinski definition) is 4. The molecular weight excluding hydrogens is 160 g/mol. The topological polar surface area (TPSA) is 58.9 Å². The van der Waals surface area contributed by atoms with E-state index in [4.69, 9.17) is 19.7 Å². The fourth-order valence-corrected chi connectivity index (χ4v) is 1.01. The molecule has 0 spiro atoms. The Morgan fingerprint density at radius 3 is 2.33 bits per heavy atom. The molecule has 1 atom stereocenters. The third kappa shape index (κ3) is 2.42. The lowest BCUT2D eigenvalue weighted by Gasteiger charge is -2.35. The van der Waals surface area contributed by atoms with Crippen LogP contribution in [-0.2, 0) is 9.47 Å². The second kappa shape index (κ2) is 3.70. The van der Waals surface area contributed by atoms with Crippen LogP contribution in [0.2, 0.25) is 0 Å². The lowest BCUT2D eigenvalue weighted by Crippen LogP contribution is -2.44. The first-order valence-corrected chi connectivity index (χ1v) is 4.07. The average molecular weight is 176 g/mol. The van der Waals surface area contributed by atoms with Crippen LogP contribution in [0, 0.1) is 5.41 Å². The van der Waals surface area contributed by atoms with Gasteiger partial charge < -0.3 is 19.7 Å². The van der Waals surface area contributed by atoms with E-state index in [0.29, 0.717) is 13.2 Å². The summed E-state index contributed by atoms with van der Waals surface area (Å²) in [7, 11) is 0. The van der Waals surface area contributed by atoms with Crippen LogP contribution in [0.15, 0.2) is 0 Å². The summed E-state index contributed by atoms with van der Waals surface area (Å²) >= 11 is 0. The normalized spacial score (nSPS) is 27.0. The van der Waals surface area contributed by atoms with Gasteiger partial charge in [0.25, 0.3) is 0 Å². The minimum Gasteiger partial charge on any atom is -0.393 e. The molecule has 0 amide bonds. The van der Waals surface area contributed by atoms with Crippen LogP contribution in [0.1, 0.15) is 13.8 Å². The number of aliphatic hydroxyl groups excluding tert-OH is 2. The van der Waals surface area contributed by atoms with Crippen LogP contribution < -0.4 is 0 Å². The largest absolute Gasteiger partial charge is 0.393 e. The number of rotatable bonds is 2. The highest BCUT2D eigenvalue weighted by atomic mass is 16.7. The molecule has 12 heavy (non-hydrogen) atoms. The van der Waals surface area contributed by atoms with Crippen LogP contribution in [0.4, 0.5) is 0 Å². The molecule has 1 aliphatic heterocycles. The maximum absolute atomic E-state index is 9.15. The molecular formula is C8H16O4. The molecule has 0 aromatic heterocycles. The van der Waals surface area contributed by atoms with E-state index in [1.165, 1.54) is 0 Å². The molecule has 0 aliphatic carbocycles. The first-order chi connectivity index (χ1) is 5.55. The maximum atomic E-state index is 9.15. The molecule has 0 bridgehead atoms. The predicted octanol–water partition coefficient (Wildman–Crippen LogP) is -0.261. The molecule has 1 fully saturated rings. The van der Waals surface area contributed by atoms with Gasteiger partial charge in [0.15, 0.2) is 6.29 Å². The molecule has 4 nitrogen and oxygen atoms in total. The molecule has 1 saturated heterocycles. The monoisotopic (exact) mass is 176 g/mol. The van der Waals surface area contributed by atoms with Gasteiger partial charge >= 0.3 is 0 Å². The minimum absolute atomic E-state index is 0.00563. The summed E-state index contributed by atoms with van der Waals surface area (Å²) in [6, 6.07) is 0. The molecule has 2 N–H and O–H groups in total. The minimum atomic E-state index is -0.930. The molecule has 1 heterocycles. The van der Waals surface area contributed by atoms with Gasteiger partial charge in [-0.05, 0) is 0 Å². The Morgan fingerprint density at radius 1 is 1.42 bits per heavy atom. The maximum Gasteiger partial charge on any atom is 0.185 e. The van der Waals surface area contributed by atoms with Gasteiger partial charge in [0, 0.05) is 5.41 Å². The first kappa shape index (κ1) is 9.92. The Kier molecular flexibility index (Phi) is 3.06. The smallest absolute Gasteiger partial charge is 0.185 e. The van der Waals surface area contributed by atoms with Crippen molar-refractivity contribution in [3.05, 3.63) is 0 Å². The number of hydrogen-bond donors (Lipinski definition) is 2. The summed E-state index contributed by atoms with van der Waals surface area (Å²) in [6.45, 7) is 4.82. The number of aliphatic hydroxyl groups is 2. The molecule has 0 aromatic carbocycles. The Hall–Kier alpha value is -0.160. The average Bonchev–Trinajstić information content (AvgIpc) is 2.03. The highest BCUT2D eigenvalue weighted by molar-refractivity contribution is 4.73. The molecule has 4 heteroatoms. The Morgan fingerprint density at radius 2 is 1.92 bits per heavy atom. The number of ether oxygens (including phenoxy) is 2. The fraction of sp³-hybridized carbons (Fsp3) is 1.00. The first-order valence-electron chi connectivity index (χ1n) is 4.07. The zero-order valence-electron chi connectivity index (χ0n) is 7.49. The SMILES string of the molecule is CC1(C)COC(C(O)CO)OC1. The van der Waals surface area contributed by atoms with Gasteiger partial charge in [0.05, 0.1) is 19.8 Å². The standard InChI is InChI=1S/C8H16O4/c1-8(2)4-11-7(12-5-8)6(10)3-9/h6-7,9-10H,3-5H2,1-2H3. The second-order valence-electron chi connectivity index (χ2n) is 3.90. The summed E-state index contributed by atoms with van der Waals surface area (Å²) in [5, 5.41) is 17.8. The van der Waals surface area contributed by atoms with E-state index in [0.717, 1.165) is 0 Å². The van der Waals surface area contributed by atoms with Crippen molar-refractivity contribution in [2.24, 2.45) is 5.41 Å². The Labute approximate surface area is 72.1 Å². The quantitative estimate of drug-likeness (QED) is 0.608. The van der Waals surface area contributed by atoms with Crippen LogP contribution in [-0.4, -0.2) is 42.4 Å². The van der Waals surface area contributed by atoms with E-state index < -0.39 is 12.4 Å². The highest BCUT2D eigenvalue weighted by Crippen LogP contribution is 2.23. The zero-order valence-corrected chi connectivity index (χ0v) is 7.49. The summed E-state index contributed by atoms with van der Waals surface area (Å²) in [4.78, 5) is 0. The van der Waals surface area contributed by atoms with Crippen molar-refractivity contribution in [1.82, 2.24) is 0 Å². The van der Waals surface area contributed by atoms with Gasteiger partial charge in [0.2, 0.25) is 0 Å². The summed E-state index contributed by atoms with van der Waals surface area (Å²) in [5.41, 5.74) is 0.00563. The van der Waals surface area contributed by atoms with E-state index in [1.807, 2.05) is 13.8 Å². The van der Waals surface area contributed by atoms with Crippen molar-refractivity contribution in [3.8, 4) is 0 Å². The van der Waals surface area contributed by atoms with Gasteiger partial charge in [-0.2, -0.15) is 0 Å². The summed E-state index contributed by atoms with van der Waals surface area (Å²) in [5.74, 6) is 0. The van der Waals surface area contributed by atoms with Gasteiger partial charge in [-0.3, -0.25) is 0 Å². The lowest BCUT2D eigenvalue weighted by molar-refractivity contribution is -0.260. The van der Waals surface area contributed by atoms with Gasteiger partial charge in [-0.1, -0.05) is 13.8 Å². The van der Waals surface area contributed by atoms with Crippen LogP contribution in [0.3, 0.4) is 0 Å². The van der Waals surface area contributed by atoms with Crippen LogP contribution in [0.25, 0.3) is 0 Å². The molecule has 1 aliphatic rings. The molecule has 0 radical (unpaired) electrons. The molecule has 0 saturated carbocycles. The van der Waals surface area contributed by atoms with Crippen molar-refractivity contribution in [2.75, 3.05) is 19.8 Å². The van der Waals surface area contributed by atoms with Crippen LogP contribution >= 0.6 is 0 Å². The van der Waals surface area contributed by atoms with E-state index in [-0.39, 0.29) is 12.0 Å². The van der Waals surface area contributed by atoms with Crippen molar-refractivity contribution in [2.45, 2.75) is 26.2 Å². The van der Waals surface area contributed by atoms with Crippen LogP contribution in [0.5, 0.6) is 0 Å². The predicted molar refractivity (Wildman–Crippen MR) is 42.6 cm³/mol. The fourth-order valence-electron chi connectivity index (χ4n) is 1.01. The van der Waals surface area contributed by atoms with Gasteiger partial charge in [-0.15, -0.1) is 0 Å². The second-order valence-corrected chi connectivity index (χ2v) is 3.90. The van der Waals surface area contributed by atoms with E-state index >= 15 is 0 Å². The Bertz CT molecular complexity index is 136. The third-order valence-electron chi connectivity index (χ3n) is 1.78. The lowest BCUT2D eigenvalue weighted by atomic mass is 9.95. The van der Waals surface area contributed by atoms with E-state index in [9.17, 15) is 0 Å². The van der Waals surface area contributed by atoms with Crippen molar-refractivity contribution < 1.29 is 19.7 Å². The Balaban J connectivity index is 2.36. The third-order valence-corrected chi connectivity index (χ3v) is 1.78. The van der Waals surface area contributed by atoms with Gasteiger partial charge in [0.1, 0.15) is 6.10 Å². The molecule has 72 valence electrons. The van der Waals surface area contributed by atoms with Crippen molar-refractivity contribution in [1.29, 1.82) is 0 Å². The van der Waals surface area contributed by atoms with Gasteiger partial charge in [-0.25, -0.2) is 0 Å². The molecule has 1 unspecified atom stereocenters. The van der Waals surface area contributed by atoms with E-state index in [1.54, 1.807) is 0 Å².